The number of nitrogens with zero attached hydrogens (tertiary/aromatic N) is 2. The molecule has 2 aliphatic rings. The lowest BCUT2D eigenvalue weighted by Crippen LogP contribution is -2.60. The fourth-order valence-corrected chi connectivity index (χ4v) is 5.03. The zero-order valence-corrected chi connectivity index (χ0v) is 22.4. The van der Waals surface area contributed by atoms with E-state index in [1.807, 2.05) is 0 Å². The summed E-state index contributed by atoms with van der Waals surface area (Å²) < 4.78 is 98.1. The molecule has 0 saturated carbocycles. The molecular weight excluding hydrogens is 611 g/mol. The van der Waals surface area contributed by atoms with Crippen molar-refractivity contribution in [1.29, 1.82) is 0 Å². The molecule has 3 amide bonds. The zero-order chi connectivity index (χ0) is 31.3. The summed E-state index contributed by atoms with van der Waals surface area (Å²) in [5.74, 6) is -3.03. The average molecular weight is 630 g/mol. The highest BCUT2D eigenvalue weighted by Gasteiger charge is 2.41. The first-order valence-electron chi connectivity index (χ1n) is 12.5. The Morgan fingerprint density at radius 1 is 0.907 bits per heavy atom. The van der Waals surface area contributed by atoms with Gasteiger partial charge in [-0.1, -0.05) is 17.7 Å². The van der Waals surface area contributed by atoms with Gasteiger partial charge in [0.05, 0.1) is 33.9 Å². The van der Waals surface area contributed by atoms with Gasteiger partial charge in [-0.25, -0.2) is 4.39 Å². The monoisotopic (exact) mass is 629 g/mol. The lowest BCUT2D eigenvalue weighted by Gasteiger charge is -2.39. The standard InChI is InChI=1S/C28H19ClF7N3O4/c29-19-11-16(28(34,35)36)3-6-23(19)43-13-24(40)38-7-8-39-22(12-38)25(41)37-21-5-1-14(9-18(21)26(39)42)17-10-15(27(31,32)33)2-4-20(17)30/h1-6,9-11,22H,7-8,12-13H2,(H,37,41). The van der Waals surface area contributed by atoms with Gasteiger partial charge in [0.1, 0.15) is 17.6 Å². The number of amides is 3. The summed E-state index contributed by atoms with van der Waals surface area (Å²) >= 11 is 5.86. The smallest absolute Gasteiger partial charge is 0.416 e. The summed E-state index contributed by atoms with van der Waals surface area (Å²) in [5, 5.41) is 2.21. The van der Waals surface area contributed by atoms with Crippen molar-refractivity contribution in [3.05, 3.63) is 82.1 Å². The van der Waals surface area contributed by atoms with Gasteiger partial charge in [-0.15, -0.1) is 0 Å². The lowest BCUT2D eigenvalue weighted by molar-refractivity contribution is -0.139. The van der Waals surface area contributed by atoms with Crippen LogP contribution in [0.1, 0.15) is 21.5 Å². The van der Waals surface area contributed by atoms with Gasteiger partial charge in [-0.3, -0.25) is 14.4 Å². The van der Waals surface area contributed by atoms with Gasteiger partial charge < -0.3 is 19.9 Å². The van der Waals surface area contributed by atoms with Gasteiger partial charge in [0, 0.05) is 18.7 Å². The Hall–Kier alpha value is -4.33. The Morgan fingerprint density at radius 2 is 1.58 bits per heavy atom. The van der Waals surface area contributed by atoms with Crippen LogP contribution < -0.4 is 10.1 Å². The normalized spacial score (nSPS) is 17.2. The van der Waals surface area contributed by atoms with E-state index in [9.17, 15) is 45.1 Å². The van der Waals surface area contributed by atoms with Crippen molar-refractivity contribution >= 4 is 35.0 Å². The van der Waals surface area contributed by atoms with Crippen molar-refractivity contribution in [2.75, 3.05) is 31.6 Å². The molecular formula is C28H19ClF7N3O4. The van der Waals surface area contributed by atoms with E-state index < -0.39 is 59.7 Å². The molecule has 15 heteroatoms. The number of carbonyl (C=O) groups is 3. The molecule has 2 aliphatic heterocycles. The van der Waals surface area contributed by atoms with Gasteiger partial charge in [-0.2, -0.15) is 26.3 Å². The molecule has 1 unspecified atom stereocenters. The minimum atomic E-state index is -4.72. The molecule has 1 atom stereocenters. The maximum Gasteiger partial charge on any atom is 0.416 e. The van der Waals surface area contributed by atoms with Crippen LogP contribution in [0.15, 0.2) is 54.6 Å². The number of piperazine rings is 1. The van der Waals surface area contributed by atoms with Gasteiger partial charge >= 0.3 is 12.4 Å². The molecule has 0 radical (unpaired) electrons. The molecule has 0 spiro atoms. The summed E-state index contributed by atoms with van der Waals surface area (Å²) in [6.07, 6.45) is -9.35. The number of anilines is 1. The molecule has 3 aromatic rings. The van der Waals surface area contributed by atoms with Crippen LogP contribution in [0, 0.1) is 5.82 Å². The molecule has 0 bridgehead atoms. The van der Waals surface area contributed by atoms with Crippen LogP contribution in [0.2, 0.25) is 5.02 Å². The quantitative estimate of drug-likeness (QED) is 0.367. The van der Waals surface area contributed by atoms with Crippen LogP contribution in [-0.4, -0.2) is 59.8 Å². The molecule has 2 heterocycles. The van der Waals surface area contributed by atoms with E-state index in [1.54, 1.807) is 0 Å². The molecule has 1 N–H and O–H groups in total. The van der Waals surface area contributed by atoms with E-state index >= 15 is 0 Å². The van der Waals surface area contributed by atoms with Crippen LogP contribution in [0.4, 0.5) is 36.4 Å². The van der Waals surface area contributed by atoms with Crippen molar-refractivity contribution in [2.24, 2.45) is 0 Å². The van der Waals surface area contributed by atoms with Crippen LogP contribution in [0.3, 0.4) is 0 Å². The van der Waals surface area contributed by atoms with Gasteiger partial charge in [0.2, 0.25) is 5.91 Å². The first kappa shape index (κ1) is 30.1. The maximum atomic E-state index is 14.5. The first-order chi connectivity index (χ1) is 20.1. The molecule has 5 rings (SSSR count). The molecule has 1 fully saturated rings. The Morgan fingerprint density at radius 3 is 2.26 bits per heavy atom. The average Bonchev–Trinajstić information content (AvgIpc) is 3.04. The SMILES string of the molecule is O=C1Nc2ccc(-c3cc(C(F)(F)F)ccc3F)cc2C(=O)N2CCN(C(=O)COc3ccc(C(F)(F)F)cc3Cl)CC12. The largest absolute Gasteiger partial charge is 0.482 e. The number of rotatable bonds is 4. The van der Waals surface area contributed by atoms with E-state index in [1.165, 1.54) is 28.0 Å². The number of nitrogens with one attached hydrogen (secondary N) is 1. The number of carbonyl (C=O) groups excluding carboxylic acids is 3. The number of benzene rings is 3. The van der Waals surface area contributed by atoms with Crippen LogP contribution in [-0.2, 0) is 21.9 Å². The molecule has 7 nitrogen and oxygen atoms in total. The summed E-state index contributed by atoms with van der Waals surface area (Å²) in [6, 6.07) is 6.88. The van der Waals surface area contributed by atoms with Crippen molar-refractivity contribution < 1.29 is 49.9 Å². The van der Waals surface area contributed by atoms with Gasteiger partial charge in [-0.05, 0) is 54.1 Å². The first-order valence-corrected chi connectivity index (χ1v) is 12.9. The van der Waals surface area contributed by atoms with Crippen molar-refractivity contribution in [2.45, 2.75) is 18.4 Å². The maximum absolute atomic E-state index is 14.5. The summed E-state index contributed by atoms with van der Waals surface area (Å²) in [7, 11) is 0. The number of halogens is 8. The summed E-state index contributed by atoms with van der Waals surface area (Å²) in [5.41, 5.74) is -2.50. The second-order valence-electron chi connectivity index (χ2n) is 9.73. The minimum absolute atomic E-state index is 0.0173. The number of alkyl halides is 6. The Bertz CT molecular complexity index is 1630. The van der Waals surface area contributed by atoms with Crippen molar-refractivity contribution in [3.8, 4) is 16.9 Å². The van der Waals surface area contributed by atoms with Crippen LogP contribution in [0.25, 0.3) is 11.1 Å². The second kappa shape index (κ2) is 11.1. The third-order valence-electron chi connectivity index (χ3n) is 7.02. The highest BCUT2D eigenvalue weighted by molar-refractivity contribution is 6.32. The number of ether oxygens (including phenoxy) is 1. The molecule has 226 valence electrons. The topological polar surface area (TPSA) is 79.0 Å². The molecule has 43 heavy (non-hydrogen) atoms. The second-order valence-corrected chi connectivity index (χ2v) is 10.1. The summed E-state index contributed by atoms with van der Waals surface area (Å²) in [4.78, 5) is 41.8. The Labute approximate surface area is 243 Å². The highest BCUT2D eigenvalue weighted by atomic mass is 35.5. The van der Waals surface area contributed by atoms with E-state index in [4.69, 9.17) is 16.3 Å². The van der Waals surface area contributed by atoms with Gasteiger partial charge in [0.25, 0.3) is 11.8 Å². The van der Waals surface area contributed by atoms with E-state index in [-0.39, 0.29) is 52.8 Å². The molecule has 3 aromatic carbocycles. The Balaban J connectivity index is 1.31. The summed E-state index contributed by atoms with van der Waals surface area (Å²) in [6.45, 7) is -0.996. The minimum Gasteiger partial charge on any atom is -0.482 e. The van der Waals surface area contributed by atoms with Crippen LogP contribution in [0.5, 0.6) is 5.75 Å². The lowest BCUT2D eigenvalue weighted by atomic mass is 9.98. The van der Waals surface area contributed by atoms with Crippen molar-refractivity contribution in [3.63, 3.8) is 0 Å². The zero-order valence-electron chi connectivity index (χ0n) is 21.7. The third-order valence-corrected chi connectivity index (χ3v) is 7.31. The molecule has 1 saturated heterocycles. The van der Waals surface area contributed by atoms with E-state index in [0.717, 1.165) is 12.1 Å². The number of fused-ring (bicyclic) bond motifs is 2. The fraction of sp³-hybridized carbons (Fsp3) is 0.250. The third kappa shape index (κ3) is 6.10. The molecule has 0 aromatic heterocycles. The number of hydrogen-bond donors (Lipinski definition) is 1. The molecule has 0 aliphatic carbocycles. The predicted molar refractivity (Wildman–Crippen MR) is 139 cm³/mol. The number of hydrogen-bond acceptors (Lipinski definition) is 4. The predicted octanol–water partition coefficient (Wildman–Crippen LogP) is 5.87. The fourth-order valence-electron chi connectivity index (χ4n) is 4.79. The van der Waals surface area contributed by atoms with Gasteiger partial charge in [0.15, 0.2) is 6.61 Å². The van der Waals surface area contributed by atoms with Crippen LogP contribution >= 0.6 is 11.6 Å². The highest BCUT2D eigenvalue weighted by Crippen LogP contribution is 2.37. The van der Waals surface area contributed by atoms with E-state index in [0.29, 0.717) is 24.3 Å². The Kier molecular flexibility index (Phi) is 7.75. The van der Waals surface area contributed by atoms with Crippen molar-refractivity contribution in [1.82, 2.24) is 9.80 Å². The van der Waals surface area contributed by atoms with E-state index in [2.05, 4.69) is 5.32 Å².